The van der Waals surface area contributed by atoms with Crippen molar-refractivity contribution in [3.63, 3.8) is 0 Å². The van der Waals surface area contributed by atoms with E-state index in [0.29, 0.717) is 17.9 Å². The highest BCUT2D eigenvalue weighted by Crippen LogP contribution is 2.55. The molecule has 1 N–H and O–H groups in total. The fraction of sp³-hybridized carbons (Fsp3) is 0.722. The Morgan fingerprint density at radius 3 is 2.58 bits per heavy atom. The van der Waals surface area contributed by atoms with Gasteiger partial charge in [-0.25, -0.2) is 14.8 Å². The van der Waals surface area contributed by atoms with Crippen LogP contribution in [0.4, 0.5) is 10.7 Å². The van der Waals surface area contributed by atoms with Gasteiger partial charge in [-0.1, -0.05) is 0 Å². The summed E-state index contributed by atoms with van der Waals surface area (Å²) in [7, 11) is 0. The molecule has 6 heteroatoms. The summed E-state index contributed by atoms with van der Waals surface area (Å²) >= 11 is 0. The Morgan fingerprint density at radius 2 is 2.00 bits per heavy atom. The standard InChI is InChI=1S/C18H28N4O2/c1-13-10-19-15(20-11-13)21-12-14-9-18(5-6-18)7-8-22(14)16(23)24-17(2,3)4/h10-11,14H,5-9,12H2,1-4H3,(H,19,20,21). The summed E-state index contributed by atoms with van der Waals surface area (Å²) < 4.78 is 5.59. The van der Waals surface area contributed by atoms with Crippen molar-refractivity contribution in [3.8, 4) is 0 Å². The lowest BCUT2D eigenvalue weighted by atomic mass is 9.88. The van der Waals surface area contributed by atoms with Gasteiger partial charge in [0.05, 0.1) is 6.04 Å². The molecule has 132 valence electrons. The van der Waals surface area contributed by atoms with E-state index in [1.807, 2.05) is 32.6 Å². The molecular formula is C18H28N4O2. The number of rotatable bonds is 3. The molecule has 1 saturated carbocycles. The predicted octanol–water partition coefficient (Wildman–Crippen LogP) is 3.38. The van der Waals surface area contributed by atoms with Crippen molar-refractivity contribution in [1.29, 1.82) is 0 Å². The van der Waals surface area contributed by atoms with Gasteiger partial charge in [0.2, 0.25) is 5.95 Å². The largest absolute Gasteiger partial charge is 0.444 e. The predicted molar refractivity (Wildman–Crippen MR) is 92.9 cm³/mol. The highest BCUT2D eigenvalue weighted by Gasteiger charge is 2.49. The second kappa shape index (κ2) is 6.22. The lowest BCUT2D eigenvalue weighted by Gasteiger charge is -2.40. The molecule has 1 aliphatic heterocycles. The van der Waals surface area contributed by atoms with Crippen LogP contribution < -0.4 is 5.32 Å². The third-order valence-electron chi connectivity index (χ3n) is 4.85. The number of ether oxygens (including phenoxy) is 1. The summed E-state index contributed by atoms with van der Waals surface area (Å²) in [6.45, 7) is 9.12. The van der Waals surface area contributed by atoms with Crippen molar-refractivity contribution in [3.05, 3.63) is 18.0 Å². The number of carbonyl (C=O) groups excluding carboxylic acids is 1. The maximum Gasteiger partial charge on any atom is 0.410 e. The van der Waals surface area contributed by atoms with Crippen LogP contribution in [0.5, 0.6) is 0 Å². The van der Waals surface area contributed by atoms with E-state index in [4.69, 9.17) is 4.74 Å². The number of carbonyl (C=O) groups is 1. The Kier molecular flexibility index (Phi) is 4.40. The van der Waals surface area contributed by atoms with E-state index in [1.54, 1.807) is 12.4 Å². The van der Waals surface area contributed by atoms with Crippen molar-refractivity contribution >= 4 is 12.0 Å². The van der Waals surface area contributed by atoms with Gasteiger partial charge in [-0.15, -0.1) is 0 Å². The first kappa shape index (κ1) is 17.0. The number of anilines is 1. The van der Waals surface area contributed by atoms with E-state index in [-0.39, 0.29) is 12.1 Å². The summed E-state index contributed by atoms with van der Waals surface area (Å²) in [5.41, 5.74) is 1.02. The van der Waals surface area contributed by atoms with Gasteiger partial charge in [-0.2, -0.15) is 0 Å². The van der Waals surface area contributed by atoms with Gasteiger partial charge in [-0.05, 0) is 64.4 Å². The molecule has 1 spiro atoms. The molecule has 1 saturated heterocycles. The molecule has 3 rings (SSSR count). The molecule has 0 aromatic carbocycles. The molecule has 0 bridgehead atoms. The summed E-state index contributed by atoms with van der Waals surface area (Å²) in [5, 5.41) is 3.28. The zero-order valence-corrected chi connectivity index (χ0v) is 15.1. The first-order valence-corrected chi connectivity index (χ1v) is 8.79. The average Bonchev–Trinajstić information content (AvgIpc) is 3.24. The minimum absolute atomic E-state index is 0.126. The maximum absolute atomic E-state index is 12.6. The number of aryl methyl sites for hydroxylation is 1. The van der Waals surface area contributed by atoms with Crippen LogP contribution in [-0.2, 0) is 4.74 Å². The van der Waals surface area contributed by atoms with E-state index >= 15 is 0 Å². The lowest BCUT2D eigenvalue weighted by Crippen LogP contribution is -2.51. The van der Waals surface area contributed by atoms with E-state index < -0.39 is 5.60 Å². The van der Waals surface area contributed by atoms with Crippen LogP contribution in [-0.4, -0.2) is 45.7 Å². The number of hydrogen-bond acceptors (Lipinski definition) is 5. The van der Waals surface area contributed by atoms with Crippen LogP contribution in [0.15, 0.2) is 12.4 Å². The molecule has 24 heavy (non-hydrogen) atoms. The van der Waals surface area contributed by atoms with Crippen LogP contribution in [0.3, 0.4) is 0 Å². The van der Waals surface area contributed by atoms with E-state index in [1.165, 1.54) is 12.8 Å². The summed E-state index contributed by atoms with van der Waals surface area (Å²) in [6.07, 6.45) is 8.07. The van der Waals surface area contributed by atoms with E-state index in [0.717, 1.165) is 24.9 Å². The number of aromatic nitrogens is 2. The molecule has 2 aliphatic rings. The molecule has 1 unspecified atom stereocenters. The van der Waals surface area contributed by atoms with Crippen molar-refractivity contribution in [1.82, 2.24) is 14.9 Å². The van der Waals surface area contributed by atoms with Crippen LogP contribution in [0.25, 0.3) is 0 Å². The SMILES string of the molecule is Cc1cnc(NCC2CC3(CCN2C(=O)OC(C)(C)C)CC3)nc1. The van der Waals surface area contributed by atoms with Crippen LogP contribution >= 0.6 is 0 Å². The molecule has 1 aromatic rings. The minimum Gasteiger partial charge on any atom is -0.444 e. The van der Waals surface area contributed by atoms with E-state index in [2.05, 4.69) is 15.3 Å². The molecule has 1 aliphatic carbocycles. The number of nitrogens with one attached hydrogen (secondary N) is 1. The monoisotopic (exact) mass is 332 g/mol. The number of piperidine rings is 1. The van der Waals surface area contributed by atoms with Crippen LogP contribution in [0.2, 0.25) is 0 Å². The smallest absolute Gasteiger partial charge is 0.410 e. The van der Waals surface area contributed by atoms with Gasteiger partial charge < -0.3 is 15.0 Å². The zero-order valence-electron chi connectivity index (χ0n) is 15.1. The Hall–Kier alpha value is -1.85. The fourth-order valence-corrected chi connectivity index (χ4v) is 3.32. The fourth-order valence-electron chi connectivity index (χ4n) is 3.32. The number of hydrogen-bond donors (Lipinski definition) is 1. The first-order valence-electron chi connectivity index (χ1n) is 8.79. The summed E-state index contributed by atoms with van der Waals surface area (Å²) in [6, 6.07) is 0.126. The van der Waals surface area contributed by atoms with Crippen LogP contribution in [0.1, 0.15) is 52.0 Å². The van der Waals surface area contributed by atoms with E-state index in [9.17, 15) is 4.79 Å². The second-order valence-electron chi connectivity index (χ2n) is 8.25. The van der Waals surface area contributed by atoms with Gasteiger partial charge in [0.25, 0.3) is 0 Å². The average molecular weight is 332 g/mol. The van der Waals surface area contributed by atoms with Gasteiger partial charge in [-0.3, -0.25) is 0 Å². The second-order valence-corrected chi connectivity index (χ2v) is 8.25. The van der Waals surface area contributed by atoms with Crippen molar-refractivity contribution in [2.45, 2.75) is 65.0 Å². The van der Waals surface area contributed by atoms with Gasteiger partial charge >= 0.3 is 6.09 Å². The number of nitrogens with zero attached hydrogens (tertiary/aromatic N) is 3. The molecule has 2 fully saturated rings. The highest BCUT2D eigenvalue weighted by molar-refractivity contribution is 5.69. The normalized spacial score (nSPS) is 22.3. The molecule has 0 radical (unpaired) electrons. The molecule has 2 heterocycles. The van der Waals surface area contributed by atoms with Crippen molar-refractivity contribution < 1.29 is 9.53 Å². The highest BCUT2D eigenvalue weighted by atomic mass is 16.6. The number of amides is 1. The zero-order chi connectivity index (χ0) is 17.4. The third-order valence-corrected chi connectivity index (χ3v) is 4.85. The first-order chi connectivity index (χ1) is 11.3. The maximum atomic E-state index is 12.6. The van der Waals surface area contributed by atoms with Crippen molar-refractivity contribution in [2.75, 3.05) is 18.4 Å². The van der Waals surface area contributed by atoms with Crippen molar-refractivity contribution in [2.24, 2.45) is 5.41 Å². The molecule has 1 atom stereocenters. The quantitative estimate of drug-likeness (QED) is 0.919. The Bertz CT molecular complexity index is 590. The molecule has 1 amide bonds. The third kappa shape index (κ3) is 4.16. The van der Waals surface area contributed by atoms with Gasteiger partial charge in [0.15, 0.2) is 0 Å². The lowest BCUT2D eigenvalue weighted by molar-refractivity contribution is 0.00461. The Labute approximate surface area is 144 Å². The van der Waals surface area contributed by atoms with Crippen LogP contribution in [0, 0.1) is 12.3 Å². The Balaban J connectivity index is 1.65. The summed E-state index contributed by atoms with van der Waals surface area (Å²) in [4.78, 5) is 23.0. The van der Waals surface area contributed by atoms with Gasteiger partial charge in [0.1, 0.15) is 5.60 Å². The molecule has 6 nitrogen and oxygen atoms in total. The minimum atomic E-state index is -0.468. The summed E-state index contributed by atoms with van der Waals surface area (Å²) in [5.74, 6) is 0.611. The topological polar surface area (TPSA) is 67.4 Å². The Morgan fingerprint density at radius 1 is 1.33 bits per heavy atom. The number of likely N-dealkylation sites (tertiary alicyclic amines) is 1. The van der Waals surface area contributed by atoms with Gasteiger partial charge in [0, 0.05) is 25.5 Å². The molecule has 1 aromatic heterocycles. The molecular weight excluding hydrogens is 304 g/mol.